The number of aryl methyl sites for hydroxylation is 1. The molecule has 1 heterocycles. The van der Waals surface area contributed by atoms with Gasteiger partial charge in [-0.1, -0.05) is 26.7 Å². The van der Waals surface area contributed by atoms with Crippen LogP contribution in [0.4, 0.5) is 5.82 Å². The van der Waals surface area contributed by atoms with Crippen molar-refractivity contribution in [3.05, 3.63) is 17.6 Å². The largest absolute Gasteiger partial charge is 0.396 e. The van der Waals surface area contributed by atoms with Crippen LogP contribution in [-0.2, 0) is 0 Å². The number of hydrogen-bond donors (Lipinski definition) is 2. The average molecular weight is 263 g/mol. The number of anilines is 1. The topological polar surface area (TPSA) is 58.0 Å². The monoisotopic (exact) mass is 263 g/mol. The van der Waals surface area contributed by atoms with E-state index >= 15 is 0 Å². The molecular formula is C15H25N3O. The van der Waals surface area contributed by atoms with E-state index in [-0.39, 0.29) is 12.0 Å². The molecule has 106 valence electrons. The van der Waals surface area contributed by atoms with Crippen LogP contribution in [0.25, 0.3) is 0 Å². The molecule has 1 aliphatic rings. The van der Waals surface area contributed by atoms with Gasteiger partial charge in [0.15, 0.2) is 0 Å². The zero-order valence-electron chi connectivity index (χ0n) is 12.2. The lowest BCUT2D eigenvalue weighted by Gasteiger charge is -2.27. The van der Waals surface area contributed by atoms with Gasteiger partial charge in [-0.05, 0) is 19.8 Å². The Morgan fingerprint density at radius 1 is 1.32 bits per heavy atom. The van der Waals surface area contributed by atoms with Gasteiger partial charge in [0.1, 0.15) is 11.6 Å². The highest BCUT2D eigenvalue weighted by atomic mass is 16.3. The Morgan fingerprint density at radius 3 is 2.58 bits per heavy atom. The van der Waals surface area contributed by atoms with Crippen molar-refractivity contribution in [2.24, 2.45) is 5.41 Å². The fourth-order valence-corrected chi connectivity index (χ4v) is 2.73. The van der Waals surface area contributed by atoms with Crippen LogP contribution in [0.5, 0.6) is 0 Å². The molecule has 0 aliphatic heterocycles. The molecule has 19 heavy (non-hydrogen) atoms. The quantitative estimate of drug-likeness (QED) is 0.857. The zero-order valence-corrected chi connectivity index (χ0v) is 12.2. The Morgan fingerprint density at radius 2 is 2.00 bits per heavy atom. The molecule has 1 fully saturated rings. The third-order valence-electron chi connectivity index (χ3n) is 4.03. The maximum atomic E-state index is 9.62. The fraction of sp³-hybridized carbons (Fsp3) is 0.733. The first-order valence-electron chi connectivity index (χ1n) is 7.25. The smallest absolute Gasteiger partial charge is 0.133 e. The van der Waals surface area contributed by atoms with Crippen LogP contribution in [0, 0.1) is 12.3 Å². The molecule has 1 saturated carbocycles. The van der Waals surface area contributed by atoms with E-state index in [9.17, 15) is 5.11 Å². The highest BCUT2D eigenvalue weighted by Gasteiger charge is 2.33. The molecule has 1 aromatic rings. The fourth-order valence-electron chi connectivity index (χ4n) is 2.73. The Hall–Kier alpha value is -1.16. The molecule has 0 spiro atoms. The van der Waals surface area contributed by atoms with Gasteiger partial charge >= 0.3 is 0 Å². The van der Waals surface area contributed by atoms with Gasteiger partial charge in [0.2, 0.25) is 0 Å². The van der Waals surface area contributed by atoms with Crippen LogP contribution in [0.15, 0.2) is 6.07 Å². The molecule has 2 rings (SSSR count). The van der Waals surface area contributed by atoms with Gasteiger partial charge in [-0.2, -0.15) is 0 Å². The Kier molecular flexibility index (Phi) is 4.40. The number of rotatable bonds is 5. The predicted octanol–water partition coefficient (Wildman–Crippen LogP) is 2.87. The summed E-state index contributed by atoms with van der Waals surface area (Å²) in [6.07, 6.45) is 4.67. The van der Waals surface area contributed by atoms with E-state index in [0.29, 0.717) is 5.92 Å². The molecule has 0 unspecified atom stereocenters. The second-order valence-electron chi connectivity index (χ2n) is 6.13. The van der Waals surface area contributed by atoms with E-state index < -0.39 is 0 Å². The summed E-state index contributed by atoms with van der Waals surface area (Å²) < 4.78 is 0. The summed E-state index contributed by atoms with van der Waals surface area (Å²) in [5, 5.41) is 13.0. The van der Waals surface area contributed by atoms with Crippen molar-refractivity contribution in [2.75, 3.05) is 18.5 Å². The van der Waals surface area contributed by atoms with Crippen molar-refractivity contribution in [1.82, 2.24) is 9.97 Å². The summed E-state index contributed by atoms with van der Waals surface area (Å²) in [4.78, 5) is 9.01. The standard InChI is InChI=1S/C15H25N3O/c1-11(2)14-17-12(3)8-13(18-14)16-9-15(10-19)6-4-5-7-15/h8,11,19H,4-7,9-10H2,1-3H3,(H,16,17,18). The summed E-state index contributed by atoms with van der Waals surface area (Å²) in [5.41, 5.74) is 1.04. The first-order valence-corrected chi connectivity index (χ1v) is 7.25. The molecule has 0 bridgehead atoms. The minimum atomic E-state index is 0.0524. The number of nitrogens with zero attached hydrogens (tertiary/aromatic N) is 2. The van der Waals surface area contributed by atoms with Crippen molar-refractivity contribution < 1.29 is 5.11 Å². The maximum absolute atomic E-state index is 9.62. The van der Waals surface area contributed by atoms with Crippen LogP contribution in [0.3, 0.4) is 0 Å². The third kappa shape index (κ3) is 3.44. The van der Waals surface area contributed by atoms with Crippen LogP contribution in [0.2, 0.25) is 0 Å². The summed E-state index contributed by atoms with van der Waals surface area (Å²) in [6, 6.07) is 1.98. The molecule has 0 atom stereocenters. The molecule has 4 heteroatoms. The molecule has 0 aromatic carbocycles. The van der Waals surface area contributed by atoms with Crippen molar-refractivity contribution in [1.29, 1.82) is 0 Å². The second kappa shape index (κ2) is 5.87. The first kappa shape index (κ1) is 14.3. The highest BCUT2D eigenvalue weighted by Crippen LogP contribution is 2.37. The zero-order chi connectivity index (χ0) is 13.9. The number of nitrogens with one attached hydrogen (secondary N) is 1. The normalized spacial score (nSPS) is 17.9. The van der Waals surface area contributed by atoms with Gasteiger partial charge < -0.3 is 10.4 Å². The van der Waals surface area contributed by atoms with E-state index in [1.54, 1.807) is 0 Å². The van der Waals surface area contributed by atoms with E-state index in [1.807, 2.05) is 13.0 Å². The van der Waals surface area contributed by atoms with Gasteiger partial charge in [-0.3, -0.25) is 0 Å². The number of aliphatic hydroxyl groups is 1. The maximum Gasteiger partial charge on any atom is 0.133 e. The molecule has 4 nitrogen and oxygen atoms in total. The molecule has 2 N–H and O–H groups in total. The predicted molar refractivity (Wildman–Crippen MR) is 77.3 cm³/mol. The van der Waals surface area contributed by atoms with Crippen LogP contribution in [-0.4, -0.2) is 28.2 Å². The number of aromatic nitrogens is 2. The minimum Gasteiger partial charge on any atom is -0.396 e. The molecule has 1 aromatic heterocycles. The minimum absolute atomic E-state index is 0.0524. The van der Waals surface area contributed by atoms with Gasteiger partial charge in [0, 0.05) is 29.6 Å². The highest BCUT2D eigenvalue weighted by molar-refractivity contribution is 5.36. The van der Waals surface area contributed by atoms with Crippen LogP contribution >= 0.6 is 0 Å². The lowest BCUT2D eigenvalue weighted by Crippen LogP contribution is -2.30. The van der Waals surface area contributed by atoms with Gasteiger partial charge in [-0.25, -0.2) is 9.97 Å². The second-order valence-corrected chi connectivity index (χ2v) is 6.13. The number of aliphatic hydroxyl groups excluding tert-OH is 1. The van der Waals surface area contributed by atoms with Gasteiger partial charge in [0.25, 0.3) is 0 Å². The molecule has 0 radical (unpaired) electrons. The molecular weight excluding hydrogens is 238 g/mol. The summed E-state index contributed by atoms with van der Waals surface area (Å²) in [5.74, 6) is 2.10. The Labute approximate surface area is 115 Å². The SMILES string of the molecule is Cc1cc(NCC2(CO)CCCC2)nc(C(C)C)n1. The van der Waals surface area contributed by atoms with E-state index in [4.69, 9.17) is 0 Å². The van der Waals surface area contributed by atoms with E-state index in [2.05, 4.69) is 29.1 Å². The van der Waals surface area contributed by atoms with Crippen molar-refractivity contribution in [2.45, 2.75) is 52.4 Å². The van der Waals surface area contributed by atoms with Crippen LogP contribution in [0.1, 0.15) is 57.0 Å². The lowest BCUT2D eigenvalue weighted by atomic mass is 9.87. The summed E-state index contributed by atoms with van der Waals surface area (Å²) in [6.45, 7) is 7.27. The average Bonchev–Trinajstić information content (AvgIpc) is 2.85. The third-order valence-corrected chi connectivity index (χ3v) is 4.03. The van der Waals surface area contributed by atoms with E-state index in [1.165, 1.54) is 12.8 Å². The summed E-state index contributed by atoms with van der Waals surface area (Å²) >= 11 is 0. The van der Waals surface area contributed by atoms with Gasteiger partial charge in [-0.15, -0.1) is 0 Å². The molecule has 0 saturated heterocycles. The van der Waals surface area contributed by atoms with E-state index in [0.717, 1.165) is 36.7 Å². The summed E-state index contributed by atoms with van der Waals surface area (Å²) in [7, 11) is 0. The van der Waals surface area contributed by atoms with Crippen molar-refractivity contribution in [3.63, 3.8) is 0 Å². The van der Waals surface area contributed by atoms with Crippen molar-refractivity contribution in [3.8, 4) is 0 Å². The first-order chi connectivity index (χ1) is 9.04. The molecule has 0 amide bonds. The lowest BCUT2D eigenvalue weighted by molar-refractivity contribution is 0.142. The Bertz CT molecular complexity index is 425. The molecule has 1 aliphatic carbocycles. The Balaban J connectivity index is 2.06. The van der Waals surface area contributed by atoms with Gasteiger partial charge in [0.05, 0.1) is 6.61 Å². The van der Waals surface area contributed by atoms with Crippen LogP contribution < -0.4 is 5.32 Å². The number of hydrogen-bond acceptors (Lipinski definition) is 4. The van der Waals surface area contributed by atoms with Crippen molar-refractivity contribution >= 4 is 5.82 Å².